The summed E-state index contributed by atoms with van der Waals surface area (Å²) >= 11 is 0. The molecule has 2 rings (SSSR count). The molecular formula is C8H6N4. The van der Waals surface area contributed by atoms with Crippen molar-refractivity contribution in [1.29, 1.82) is 5.26 Å². The maximum atomic E-state index is 8.61. The summed E-state index contributed by atoms with van der Waals surface area (Å²) in [6.45, 7) is 0.616. The van der Waals surface area contributed by atoms with E-state index < -0.39 is 0 Å². The Kier molecular flexibility index (Phi) is 1.49. The molecule has 1 aliphatic heterocycles. The second-order valence-electron chi connectivity index (χ2n) is 2.40. The summed E-state index contributed by atoms with van der Waals surface area (Å²) in [5.41, 5.74) is 0.655. The second kappa shape index (κ2) is 2.62. The Bertz CT molecular complexity index is 391. The van der Waals surface area contributed by atoms with Gasteiger partial charge in [0.05, 0.1) is 12.6 Å². The normalized spacial score (nSPS) is 14.4. The highest BCUT2D eigenvalue weighted by Crippen LogP contribution is 2.07. The van der Waals surface area contributed by atoms with Gasteiger partial charge < -0.3 is 0 Å². The monoisotopic (exact) mass is 158 g/mol. The highest BCUT2D eigenvalue weighted by atomic mass is 15.3. The first-order valence-corrected chi connectivity index (χ1v) is 3.56. The molecule has 0 saturated carbocycles. The van der Waals surface area contributed by atoms with Crippen LogP contribution in [0.25, 0.3) is 6.08 Å². The molecule has 2 heterocycles. The lowest BCUT2D eigenvalue weighted by atomic mass is 10.2. The molecule has 1 aliphatic rings. The maximum Gasteiger partial charge on any atom is 0.151 e. The summed E-state index contributed by atoms with van der Waals surface area (Å²) in [5.74, 6) is 0.788. The van der Waals surface area contributed by atoms with Gasteiger partial charge in [0.15, 0.2) is 5.82 Å². The van der Waals surface area contributed by atoms with Gasteiger partial charge in [-0.3, -0.25) is 0 Å². The molecular weight excluding hydrogens is 152 g/mol. The van der Waals surface area contributed by atoms with Gasteiger partial charge in [-0.2, -0.15) is 10.4 Å². The van der Waals surface area contributed by atoms with Gasteiger partial charge in [0.25, 0.3) is 0 Å². The number of hydrogen-bond acceptors (Lipinski definition) is 3. The molecule has 0 N–H and O–H groups in total. The lowest BCUT2D eigenvalue weighted by Gasteiger charge is -1.93. The molecule has 0 bridgehead atoms. The van der Waals surface area contributed by atoms with E-state index >= 15 is 0 Å². The van der Waals surface area contributed by atoms with Crippen LogP contribution in [0.3, 0.4) is 0 Å². The number of nitriles is 1. The van der Waals surface area contributed by atoms with Crippen LogP contribution >= 0.6 is 0 Å². The van der Waals surface area contributed by atoms with Crippen LogP contribution in [-0.2, 0) is 6.54 Å². The summed E-state index contributed by atoms with van der Waals surface area (Å²) in [4.78, 5) is 4.01. The predicted octanol–water partition coefficient (Wildman–Crippen LogP) is 0.755. The van der Waals surface area contributed by atoms with Crippen LogP contribution in [0.5, 0.6) is 0 Å². The Morgan fingerprint density at radius 3 is 3.25 bits per heavy atom. The second-order valence-corrected chi connectivity index (χ2v) is 2.40. The van der Waals surface area contributed by atoms with Crippen LogP contribution in [0, 0.1) is 11.3 Å². The molecule has 4 nitrogen and oxygen atoms in total. The van der Waals surface area contributed by atoms with Gasteiger partial charge >= 0.3 is 0 Å². The summed E-state index contributed by atoms with van der Waals surface area (Å²) in [6.07, 6.45) is 6.86. The van der Waals surface area contributed by atoms with Gasteiger partial charge in [0.2, 0.25) is 0 Å². The van der Waals surface area contributed by atoms with Crippen molar-refractivity contribution in [2.45, 2.75) is 6.54 Å². The highest BCUT2D eigenvalue weighted by molar-refractivity contribution is 5.51. The SMILES string of the molecule is N#CC1=CCn2ncnc2C=C1. The zero-order chi connectivity index (χ0) is 8.39. The number of aromatic nitrogens is 3. The average Bonchev–Trinajstić information content (AvgIpc) is 2.46. The fraction of sp³-hybridized carbons (Fsp3) is 0.125. The number of allylic oxidation sites excluding steroid dienone is 3. The van der Waals surface area contributed by atoms with Crippen LogP contribution in [0.4, 0.5) is 0 Å². The Balaban J connectivity index is 2.42. The fourth-order valence-corrected chi connectivity index (χ4v) is 1.04. The van der Waals surface area contributed by atoms with E-state index in [0.29, 0.717) is 12.1 Å². The predicted molar refractivity (Wildman–Crippen MR) is 42.8 cm³/mol. The Hall–Kier alpha value is -1.89. The van der Waals surface area contributed by atoms with E-state index in [0.717, 1.165) is 5.82 Å². The van der Waals surface area contributed by atoms with Crippen molar-refractivity contribution >= 4 is 6.08 Å². The fourth-order valence-electron chi connectivity index (χ4n) is 1.04. The minimum absolute atomic E-state index is 0.616. The Labute approximate surface area is 69.5 Å². The number of nitrogens with zero attached hydrogens (tertiary/aromatic N) is 4. The molecule has 0 amide bonds. The van der Waals surface area contributed by atoms with Crippen LogP contribution in [0.2, 0.25) is 0 Å². The van der Waals surface area contributed by atoms with Crippen molar-refractivity contribution in [2.24, 2.45) is 0 Å². The first-order chi connectivity index (χ1) is 5.90. The van der Waals surface area contributed by atoms with Gasteiger partial charge in [-0.1, -0.05) is 0 Å². The Morgan fingerprint density at radius 1 is 1.50 bits per heavy atom. The first kappa shape index (κ1) is 6.80. The molecule has 1 aromatic rings. The summed E-state index contributed by atoms with van der Waals surface area (Å²) in [5, 5.41) is 12.6. The van der Waals surface area contributed by atoms with Crippen LogP contribution in [0.1, 0.15) is 5.82 Å². The number of hydrogen-bond donors (Lipinski definition) is 0. The van der Waals surface area contributed by atoms with Crippen LogP contribution in [0.15, 0.2) is 24.1 Å². The van der Waals surface area contributed by atoms with Crippen LogP contribution < -0.4 is 0 Å². The van der Waals surface area contributed by atoms with Crippen molar-refractivity contribution in [3.63, 3.8) is 0 Å². The van der Waals surface area contributed by atoms with E-state index in [1.807, 2.05) is 6.08 Å². The molecule has 1 aromatic heterocycles. The molecule has 0 atom stereocenters. The molecule has 0 fully saturated rings. The smallest absolute Gasteiger partial charge is 0.151 e. The zero-order valence-corrected chi connectivity index (χ0v) is 6.31. The third-order valence-electron chi connectivity index (χ3n) is 1.67. The third kappa shape index (κ3) is 1.01. The lowest BCUT2D eigenvalue weighted by molar-refractivity contribution is 0.693. The molecule has 12 heavy (non-hydrogen) atoms. The molecule has 58 valence electrons. The van der Waals surface area contributed by atoms with E-state index in [1.54, 1.807) is 16.8 Å². The lowest BCUT2D eigenvalue weighted by Crippen LogP contribution is -1.98. The molecule has 0 saturated heterocycles. The number of rotatable bonds is 0. The molecule has 0 unspecified atom stereocenters. The zero-order valence-electron chi connectivity index (χ0n) is 6.31. The minimum Gasteiger partial charge on any atom is -0.242 e. The molecule has 0 aliphatic carbocycles. The van der Waals surface area contributed by atoms with E-state index in [-0.39, 0.29) is 0 Å². The summed E-state index contributed by atoms with van der Waals surface area (Å²) in [6, 6.07) is 2.07. The summed E-state index contributed by atoms with van der Waals surface area (Å²) in [7, 11) is 0. The molecule has 4 heteroatoms. The quantitative estimate of drug-likeness (QED) is 0.560. The average molecular weight is 158 g/mol. The Morgan fingerprint density at radius 2 is 2.42 bits per heavy atom. The largest absolute Gasteiger partial charge is 0.242 e. The maximum absolute atomic E-state index is 8.61. The van der Waals surface area contributed by atoms with Gasteiger partial charge in [0, 0.05) is 5.57 Å². The van der Waals surface area contributed by atoms with Gasteiger partial charge in [0.1, 0.15) is 6.33 Å². The molecule has 0 aromatic carbocycles. The van der Waals surface area contributed by atoms with E-state index in [9.17, 15) is 0 Å². The van der Waals surface area contributed by atoms with Crippen molar-refractivity contribution in [2.75, 3.05) is 0 Å². The van der Waals surface area contributed by atoms with Gasteiger partial charge in [-0.25, -0.2) is 9.67 Å². The minimum atomic E-state index is 0.616. The molecule has 0 spiro atoms. The van der Waals surface area contributed by atoms with Crippen molar-refractivity contribution in [3.8, 4) is 6.07 Å². The number of fused-ring (bicyclic) bond motifs is 1. The first-order valence-electron chi connectivity index (χ1n) is 3.56. The summed E-state index contributed by atoms with van der Waals surface area (Å²) < 4.78 is 1.74. The third-order valence-corrected chi connectivity index (χ3v) is 1.67. The molecule has 0 radical (unpaired) electrons. The van der Waals surface area contributed by atoms with Crippen molar-refractivity contribution < 1.29 is 0 Å². The highest BCUT2D eigenvalue weighted by Gasteiger charge is 2.02. The van der Waals surface area contributed by atoms with Gasteiger partial charge in [-0.05, 0) is 18.2 Å². The van der Waals surface area contributed by atoms with Crippen molar-refractivity contribution in [1.82, 2.24) is 14.8 Å². The topological polar surface area (TPSA) is 54.5 Å². The van der Waals surface area contributed by atoms with E-state index in [2.05, 4.69) is 16.2 Å². The standard InChI is InChI=1S/C8H6N4/c9-5-7-1-2-8-10-6-11-12(8)4-3-7/h1-3,6H,4H2. The van der Waals surface area contributed by atoms with Crippen molar-refractivity contribution in [3.05, 3.63) is 29.9 Å². The van der Waals surface area contributed by atoms with E-state index in [1.165, 1.54) is 6.33 Å². The van der Waals surface area contributed by atoms with E-state index in [4.69, 9.17) is 5.26 Å². The van der Waals surface area contributed by atoms with Crippen LogP contribution in [-0.4, -0.2) is 14.8 Å². The van der Waals surface area contributed by atoms with Gasteiger partial charge in [-0.15, -0.1) is 0 Å².